The first-order chi connectivity index (χ1) is 12.5. The van der Waals surface area contributed by atoms with E-state index in [1.807, 2.05) is 0 Å². The SMILES string of the molecule is C=CCn1c(N)cc(=O)nc1SCC(=O)Nc1ccccc1C(=O)OC. The highest BCUT2D eigenvalue weighted by molar-refractivity contribution is 7.99. The summed E-state index contributed by atoms with van der Waals surface area (Å²) in [6.45, 7) is 3.99. The molecule has 0 saturated carbocycles. The molecule has 0 aliphatic heterocycles. The van der Waals surface area contributed by atoms with Crippen LogP contribution in [0.2, 0.25) is 0 Å². The maximum Gasteiger partial charge on any atom is 0.339 e. The van der Waals surface area contributed by atoms with Crippen LogP contribution in [-0.4, -0.2) is 34.3 Å². The van der Waals surface area contributed by atoms with Gasteiger partial charge in [-0.3, -0.25) is 9.59 Å². The van der Waals surface area contributed by atoms with Gasteiger partial charge in [0.15, 0.2) is 5.16 Å². The highest BCUT2D eigenvalue weighted by Crippen LogP contribution is 2.19. The lowest BCUT2D eigenvalue weighted by atomic mass is 10.2. The predicted octanol–water partition coefficient (Wildman–Crippen LogP) is 1.53. The summed E-state index contributed by atoms with van der Waals surface area (Å²) in [5.74, 6) is -0.703. The molecule has 136 valence electrons. The van der Waals surface area contributed by atoms with Crippen molar-refractivity contribution >= 4 is 35.1 Å². The monoisotopic (exact) mass is 374 g/mol. The number of nitrogens with one attached hydrogen (secondary N) is 1. The summed E-state index contributed by atoms with van der Waals surface area (Å²) < 4.78 is 6.27. The van der Waals surface area contributed by atoms with Crippen molar-refractivity contribution in [1.29, 1.82) is 0 Å². The number of ether oxygens (including phenoxy) is 1. The third-order valence-corrected chi connectivity index (χ3v) is 4.25. The first kappa shape index (κ1) is 19.3. The first-order valence-corrected chi connectivity index (χ1v) is 8.53. The molecule has 0 atom stereocenters. The van der Waals surface area contributed by atoms with Gasteiger partial charge >= 0.3 is 5.97 Å². The van der Waals surface area contributed by atoms with Crippen LogP contribution < -0.4 is 16.6 Å². The lowest BCUT2D eigenvalue weighted by Gasteiger charge is -2.13. The van der Waals surface area contributed by atoms with E-state index in [0.29, 0.717) is 17.4 Å². The predicted molar refractivity (Wildman–Crippen MR) is 100 cm³/mol. The van der Waals surface area contributed by atoms with Crippen molar-refractivity contribution in [2.45, 2.75) is 11.7 Å². The van der Waals surface area contributed by atoms with E-state index in [0.717, 1.165) is 11.8 Å². The van der Waals surface area contributed by atoms with Crippen LogP contribution in [0.15, 0.2) is 52.9 Å². The van der Waals surface area contributed by atoms with Crippen molar-refractivity contribution in [1.82, 2.24) is 9.55 Å². The Kier molecular flexibility index (Phi) is 6.56. The number of rotatable bonds is 7. The van der Waals surface area contributed by atoms with Gasteiger partial charge in [-0.2, -0.15) is 4.98 Å². The fraction of sp³-hybridized carbons (Fsp3) is 0.176. The van der Waals surface area contributed by atoms with Crippen molar-refractivity contribution in [3.63, 3.8) is 0 Å². The standard InChI is InChI=1S/C17H18N4O4S/c1-3-8-21-13(18)9-14(22)20-17(21)26-10-15(23)19-12-7-5-4-6-11(12)16(24)25-2/h3-7,9H,1,8,10,18H2,2H3,(H,19,23). The molecule has 26 heavy (non-hydrogen) atoms. The third kappa shape index (κ3) is 4.73. The number of allylic oxidation sites excluding steroid dienone is 1. The van der Waals surface area contributed by atoms with E-state index < -0.39 is 11.5 Å². The number of hydrogen-bond donors (Lipinski definition) is 2. The largest absolute Gasteiger partial charge is 0.465 e. The molecular formula is C17H18N4O4S. The van der Waals surface area contributed by atoms with Gasteiger partial charge in [0.2, 0.25) is 5.91 Å². The number of methoxy groups -OCH3 is 1. The molecule has 8 nitrogen and oxygen atoms in total. The molecule has 0 unspecified atom stereocenters. The Morgan fingerprint density at radius 3 is 2.85 bits per heavy atom. The van der Waals surface area contributed by atoms with E-state index in [1.165, 1.54) is 13.2 Å². The zero-order chi connectivity index (χ0) is 19.1. The summed E-state index contributed by atoms with van der Waals surface area (Å²) in [7, 11) is 1.27. The number of hydrogen-bond acceptors (Lipinski definition) is 7. The number of thioether (sulfide) groups is 1. The smallest absolute Gasteiger partial charge is 0.339 e. The van der Waals surface area contributed by atoms with Crippen LogP contribution in [0, 0.1) is 0 Å². The minimum Gasteiger partial charge on any atom is -0.465 e. The van der Waals surface area contributed by atoms with Crippen LogP contribution in [0.1, 0.15) is 10.4 Å². The topological polar surface area (TPSA) is 116 Å². The number of nitrogens with zero attached hydrogens (tertiary/aromatic N) is 2. The van der Waals surface area contributed by atoms with Crippen LogP contribution >= 0.6 is 11.8 Å². The van der Waals surface area contributed by atoms with Crippen LogP contribution in [0.4, 0.5) is 11.5 Å². The van der Waals surface area contributed by atoms with Gasteiger partial charge in [-0.05, 0) is 12.1 Å². The number of anilines is 2. The summed E-state index contributed by atoms with van der Waals surface area (Å²) in [6.07, 6.45) is 1.61. The number of benzene rings is 1. The molecule has 1 amide bonds. The number of amides is 1. The molecule has 1 aromatic heterocycles. The summed E-state index contributed by atoms with van der Waals surface area (Å²) in [5, 5.41) is 2.96. The van der Waals surface area contributed by atoms with E-state index in [9.17, 15) is 14.4 Å². The van der Waals surface area contributed by atoms with Crippen LogP contribution in [0.3, 0.4) is 0 Å². The molecule has 0 aliphatic carbocycles. The average molecular weight is 374 g/mol. The third-order valence-electron chi connectivity index (χ3n) is 3.27. The van der Waals surface area contributed by atoms with E-state index in [4.69, 9.17) is 5.73 Å². The molecule has 0 bridgehead atoms. The average Bonchev–Trinajstić information content (AvgIpc) is 2.62. The molecule has 0 spiro atoms. The molecule has 0 radical (unpaired) electrons. The van der Waals surface area contributed by atoms with Gasteiger partial charge in [0.1, 0.15) is 5.82 Å². The summed E-state index contributed by atoms with van der Waals surface area (Å²) in [4.78, 5) is 39.4. The lowest BCUT2D eigenvalue weighted by Crippen LogP contribution is -2.20. The number of carbonyl (C=O) groups excluding carboxylic acids is 2. The number of nitrogens with two attached hydrogens (primary N) is 1. The van der Waals surface area contributed by atoms with Crippen LogP contribution in [0.25, 0.3) is 0 Å². The second-order valence-electron chi connectivity index (χ2n) is 5.08. The Morgan fingerprint density at radius 2 is 2.15 bits per heavy atom. The summed E-state index contributed by atoms with van der Waals surface area (Å²) in [5.41, 5.74) is 5.92. The highest BCUT2D eigenvalue weighted by Gasteiger charge is 2.15. The van der Waals surface area contributed by atoms with Crippen LogP contribution in [0.5, 0.6) is 0 Å². The number of esters is 1. The summed E-state index contributed by atoms with van der Waals surface area (Å²) in [6, 6.07) is 7.72. The molecule has 2 aromatic rings. The van der Waals surface area contributed by atoms with Gasteiger partial charge in [-0.1, -0.05) is 30.0 Å². The molecular weight excluding hydrogens is 356 g/mol. The van der Waals surface area contributed by atoms with E-state index in [1.54, 1.807) is 34.9 Å². The van der Waals surface area contributed by atoms with Gasteiger partial charge in [0.25, 0.3) is 5.56 Å². The number of aromatic nitrogens is 2. The summed E-state index contributed by atoms with van der Waals surface area (Å²) >= 11 is 1.06. The first-order valence-electron chi connectivity index (χ1n) is 7.54. The van der Waals surface area contributed by atoms with Crippen molar-refractivity contribution in [2.24, 2.45) is 0 Å². The van der Waals surface area contributed by atoms with Gasteiger partial charge < -0.3 is 20.4 Å². The van der Waals surface area contributed by atoms with Gasteiger partial charge in [0, 0.05) is 12.6 Å². The minimum absolute atomic E-state index is 0.0253. The molecule has 0 fully saturated rings. The Hall–Kier alpha value is -3.07. The minimum atomic E-state index is -0.550. The van der Waals surface area contributed by atoms with Gasteiger partial charge in [-0.15, -0.1) is 6.58 Å². The fourth-order valence-electron chi connectivity index (χ4n) is 2.12. The molecule has 3 N–H and O–H groups in total. The number of carbonyl (C=O) groups is 2. The highest BCUT2D eigenvalue weighted by atomic mass is 32.2. The van der Waals surface area contributed by atoms with Gasteiger partial charge in [-0.25, -0.2) is 4.79 Å². The van der Waals surface area contributed by atoms with Gasteiger partial charge in [0.05, 0.1) is 24.1 Å². The van der Waals surface area contributed by atoms with Crippen molar-refractivity contribution in [2.75, 3.05) is 23.9 Å². The lowest BCUT2D eigenvalue weighted by molar-refractivity contribution is -0.113. The van der Waals surface area contributed by atoms with Crippen molar-refractivity contribution in [3.8, 4) is 0 Å². The van der Waals surface area contributed by atoms with Crippen molar-refractivity contribution < 1.29 is 14.3 Å². The molecule has 9 heteroatoms. The van der Waals surface area contributed by atoms with E-state index in [2.05, 4.69) is 21.6 Å². The van der Waals surface area contributed by atoms with Crippen LogP contribution in [-0.2, 0) is 16.1 Å². The molecule has 1 aromatic carbocycles. The zero-order valence-corrected chi connectivity index (χ0v) is 14.9. The Balaban J connectivity index is 2.12. The maximum atomic E-state index is 12.2. The Labute approximate surface area is 154 Å². The van der Waals surface area contributed by atoms with Crippen molar-refractivity contribution in [3.05, 3.63) is 58.9 Å². The number of nitrogen functional groups attached to an aromatic ring is 1. The molecule has 1 heterocycles. The zero-order valence-electron chi connectivity index (χ0n) is 14.1. The Morgan fingerprint density at radius 1 is 1.42 bits per heavy atom. The molecule has 0 saturated heterocycles. The molecule has 0 aliphatic rings. The molecule has 2 rings (SSSR count). The van der Waals surface area contributed by atoms with E-state index >= 15 is 0 Å². The quantitative estimate of drug-likeness (QED) is 0.327. The Bertz CT molecular complexity index is 895. The second-order valence-corrected chi connectivity index (χ2v) is 6.02. The number of para-hydroxylation sites is 1. The van der Waals surface area contributed by atoms with E-state index in [-0.39, 0.29) is 23.0 Å². The fourth-order valence-corrected chi connectivity index (χ4v) is 2.94. The second kappa shape index (κ2) is 8.86. The normalized spacial score (nSPS) is 10.2. The maximum absolute atomic E-state index is 12.2.